The Morgan fingerprint density at radius 2 is 2.23 bits per heavy atom. The maximum Gasteiger partial charge on any atom is 0.138 e. The number of hydrogen-bond acceptors (Lipinski definition) is 2. The van der Waals surface area contributed by atoms with Gasteiger partial charge in [-0.2, -0.15) is 0 Å². The van der Waals surface area contributed by atoms with E-state index in [0.717, 1.165) is 17.7 Å². The molecule has 0 radical (unpaired) electrons. The van der Waals surface area contributed by atoms with Gasteiger partial charge in [-0.1, -0.05) is 17.7 Å². The lowest BCUT2D eigenvalue weighted by atomic mass is 10.2. The number of benzene rings is 1. The second-order valence-electron chi connectivity index (χ2n) is 2.92. The lowest BCUT2D eigenvalue weighted by Gasteiger charge is -2.07. The first-order chi connectivity index (χ1) is 6.24. The summed E-state index contributed by atoms with van der Waals surface area (Å²) in [5.74, 6) is 0.745. The number of rotatable bonds is 4. The Labute approximate surface area is 83.6 Å². The first kappa shape index (κ1) is 10.4. The van der Waals surface area contributed by atoms with Crippen LogP contribution in [-0.4, -0.2) is 13.2 Å². The van der Waals surface area contributed by atoms with Crippen LogP contribution in [0, 0.1) is 6.92 Å². The van der Waals surface area contributed by atoms with Crippen LogP contribution in [0.2, 0.25) is 5.02 Å². The summed E-state index contributed by atoms with van der Waals surface area (Å²) in [4.78, 5) is 0. The molecule has 0 unspecified atom stereocenters. The fraction of sp³-hybridized carbons (Fsp3) is 0.400. The summed E-state index contributed by atoms with van der Waals surface area (Å²) in [7, 11) is 0. The molecular weight excluding hydrogens is 186 g/mol. The predicted octanol–water partition coefficient (Wildman–Crippen LogP) is 2.38. The summed E-state index contributed by atoms with van der Waals surface area (Å²) in [6.45, 7) is 3.27. The Balaban J connectivity index is 2.59. The van der Waals surface area contributed by atoms with Crippen molar-refractivity contribution in [3.05, 3.63) is 28.8 Å². The molecule has 3 heteroatoms. The summed E-state index contributed by atoms with van der Waals surface area (Å²) in [5.41, 5.74) is 6.49. The highest BCUT2D eigenvalue weighted by Gasteiger charge is 2.00. The third-order valence-corrected chi connectivity index (χ3v) is 2.00. The normalized spacial score (nSPS) is 10.1. The van der Waals surface area contributed by atoms with Gasteiger partial charge in [0.2, 0.25) is 0 Å². The van der Waals surface area contributed by atoms with Gasteiger partial charge in [0.1, 0.15) is 5.75 Å². The van der Waals surface area contributed by atoms with Gasteiger partial charge in [-0.15, -0.1) is 0 Å². The quantitative estimate of drug-likeness (QED) is 0.756. The monoisotopic (exact) mass is 199 g/mol. The molecule has 1 aromatic carbocycles. The SMILES string of the molecule is Cc1ccc(Cl)c(OCCCN)c1. The maximum absolute atomic E-state index is 5.92. The molecule has 2 nitrogen and oxygen atoms in total. The van der Waals surface area contributed by atoms with Crippen LogP contribution in [-0.2, 0) is 0 Å². The van der Waals surface area contributed by atoms with Crippen LogP contribution in [0.3, 0.4) is 0 Å². The fourth-order valence-corrected chi connectivity index (χ4v) is 1.16. The molecule has 0 fully saturated rings. The number of halogens is 1. The zero-order valence-electron chi connectivity index (χ0n) is 7.72. The van der Waals surface area contributed by atoms with Crippen LogP contribution in [0.15, 0.2) is 18.2 Å². The molecule has 0 aliphatic rings. The zero-order chi connectivity index (χ0) is 9.68. The molecule has 0 heterocycles. The van der Waals surface area contributed by atoms with E-state index in [-0.39, 0.29) is 0 Å². The van der Waals surface area contributed by atoms with Gasteiger partial charge in [-0.25, -0.2) is 0 Å². The highest BCUT2D eigenvalue weighted by Crippen LogP contribution is 2.25. The summed E-state index contributed by atoms with van der Waals surface area (Å²) in [5, 5.41) is 0.655. The van der Waals surface area contributed by atoms with Crippen molar-refractivity contribution in [3.8, 4) is 5.75 Å². The molecule has 0 aliphatic heterocycles. The lowest BCUT2D eigenvalue weighted by Crippen LogP contribution is -2.06. The average Bonchev–Trinajstić information content (AvgIpc) is 2.11. The Bertz CT molecular complexity index is 276. The van der Waals surface area contributed by atoms with Gasteiger partial charge in [0.05, 0.1) is 11.6 Å². The largest absolute Gasteiger partial charge is 0.492 e. The molecular formula is C10H14ClNO. The van der Waals surface area contributed by atoms with E-state index in [4.69, 9.17) is 22.1 Å². The van der Waals surface area contributed by atoms with Gasteiger partial charge in [0, 0.05) is 0 Å². The van der Waals surface area contributed by atoms with Gasteiger partial charge >= 0.3 is 0 Å². The van der Waals surface area contributed by atoms with E-state index >= 15 is 0 Å². The van der Waals surface area contributed by atoms with Crippen LogP contribution in [0.1, 0.15) is 12.0 Å². The number of ether oxygens (including phenoxy) is 1. The van der Waals surface area contributed by atoms with Gasteiger partial charge in [0.25, 0.3) is 0 Å². The van der Waals surface area contributed by atoms with E-state index in [1.54, 1.807) is 0 Å². The Hall–Kier alpha value is -0.730. The molecule has 0 atom stereocenters. The second kappa shape index (κ2) is 5.10. The van der Waals surface area contributed by atoms with Crippen LogP contribution in [0.5, 0.6) is 5.75 Å². The minimum Gasteiger partial charge on any atom is -0.492 e. The molecule has 0 bridgehead atoms. The second-order valence-corrected chi connectivity index (χ2v) is 3.33. The molecule has 0 saturated heterocycles. The minimum absolute atomic E-state index is 0.625. The maximum atomic E-state index is 5.92. The van der Waals surface area contributed by atoms with Crippen molar-refractivity contribution in [1.29, 1.82) is 0 Å². The van der Waals surface area contributed by atoms with Crippen molar-refractivity contribution < 1.29 is 4.74 Å². The van der Waals surface area contributed by atoms with Gasteiger partial charge < -0.3 is 10.5 Å². The third kappa shape index (κ3) is 3.25. The van der Waals surface area contributed by atoms with Gasteiger partial charge in [0.15, 0.2) is 0 Å². The molecule has 1 aromatic rings. The summed E-state index contributed by atoms with van der Waals surface area (Å²) in [6.07, 6.45) is 0.851. The number of aryl methyl sites for hydroxylation is 1. The first-order valence-corrected chi connectivity index (χ1v) is 4.71. The molecule has 0 spiro atoms. The minimum atomic E-state index is 0.625. The highest BCUT2D eigenvalue weighted by molar-refractivity contribution is 6.32. The van der Waals surface area contributed by atoms with E-state index in [1.165, 1.54) is 0 Å². The van der Waals surface area contributed by atoms with E-state index in [0.29, 0.717) is 18.2 Å². The molecule has 0 amide bonds. The molecule has 0 aliphatic carbocycles. The van der Waals surface area contributed by atoms with Crippen LogP contribution in [0.4, 0.5) is 0 Å². The van der Waals surface area contributed by atoms with Crippen molar-refractivity contribution in [3.63, 3.8) is 0 Å². The number of nitrogens with two attached hydrogens (primary N) is 1. The zero-order valence-corrected chi connectivity index (χ0v) is 8.47. The average molecular weight is 200 g/mol. The Morgan fingerprint density at radius 1 is 1.46 bits per heavy atom. The third-order valence-electron chi connectivity index (χ3n) is 1.69. The molecule has 13 heavy (non-hydrogen) atoms. The van der Waals surface area contributed by atoms with Crippen LogP contribution >= 0.6 is 11.6 Å². The fourth-order valence-electron chi connectivity index (χ4n) is 0.987. The van der Waals surface area contributed by atoms with E-state index in [9.17, 15) is 0 Å². The van der Waals surface area contributed by atoms with Crippen molar-refractivity contribution in [2.45, 2.75) is 13.3 Å². The summed E-state index contributed by atoms with van der Waals surface area (Å²) in [6, 6.07) is 5.73. The standard InChI is InChI=1S/C10H14ClNO/c1-8-3-4-9(11)10(7-8)13-6-2-5-12/h3-4,7H,2,5-6,12H2,1H3. The number of hydrogen-bond donors (Lipinski definition) is 1. The first-order valence-electron chi connectivity index (χ1n) is 4.33. The predicted molar refractivity (Wildman–Crippen MR) is 55.4 cm³/mol. The Morgan fingerprint density at radius 3 is 2.92 bits per heavy atom. The van der Waals surface area contributed by atoms with Gasteiger partial charge in [-0.05, 0) is 37.6 Å². The van der Waals surface area contributed by atoms with Crippen LogP contribution in [0.25, 0.3) is 0 Å². The molecule has 2 N–H and O–H groups in total. The van der Waals surface area contributed by atoms with Crippen LogP contribution < -0.4 is 10.5 Å². The lowest BCUT2D eigenvalue weighted by molar-refractivity contribution is 0.313. The molecule has 0 saturated carbocycles. The molecule has 0 aromatic heterocycles. The molecule has 72 valence electrons. The van der Waals surface area contributed by atoms with E-state index < -0.39 is 0 Å². The summed E-state index contributed by atoms with van der Waals surface area (Å²) < 4.78 is 5.45. The van der Waals surface area contributed by atoms with Crippen molar-refractivity contribution >= 4 is 11.6 Å². The van der Waals surface area contributed by atoms with Crippen molar-refractivity contribution in [2.24, 2.45) is 5.73 Å². The van der Waals surface area contributed by atoms with Crippen molar-refractivity contribution in [1.82, 2.24) is 0 Å². The molecule has 1 rings (SSSR count). The van der Waals surface area contributed by atoms with E-state index in [1.807, 2.05) is 25.1 Å². The smallest absolute Gasteiger partial charge is 0.138 e. The topological polar surface area (TPSA) is 35.2 Å². The van der Waals surface area contributed by atoms with E-state index in [2.05, 4.69) is 0 Å². The van der Waals surface area contributed by atoms with Crippen molar-refractivity contribution in [2.75, 3.05) is 13.2 Å². The summed E-state index contributed by atoms with van der Waals surface area (Å²) >= 11 is 5.92. The highest BCUT2D eigenvalue weighted by atomic mass is 35.5. The van der Waals surface area contributed by atoms with Gasteiger partial charge in [-0.3, -0.25) is 0 Å². The Kier molecular flexibility index (Phi) is 4.06.